The van der Waals surface area contributed by atoms with Crippen LogP contribution in [0.2, 0.25) is 0 Å². The van der Waals surface area contributed by atoms with Crippen molar-refractivity contribution in [2.45, 2.75) is 4.90 Å². The molecule has 1 aliphatic heterocycles. The Kier molecular flexibility index (Phi) is 8.40. The highest BCUT2D eigenvalue weighted by atomic mass is 32.2. The Hall–Kier alpha value is -3.63. The van der Waals surface area contributed by atoms with Gasteiger partial charge in [0.25, 0.3) is 0 Å². The van der Waals surface area contributed by atoms with Crippen molar-refractivity contribution in [3.63, 3.8) is 0 Å². The van der Waals surface area contributed by atoms with Gasteiger partial charge in [-0.05, 0) is 24.3 Å². The molecule has 1 fully saturated rings. The second kappa shape index (κ2) is 11.9. The van der Waals surface area contributed by atoms with E-state index in [0.29, 0.717) is 31.9 Å². The third-order valence-electron chi connectivity index (χ3n) is 5.73. The molecule has 1 amide bonds. The monoisotopic (exact) mass is 511 g/mol. The normalized spacial score (nSPS) is 14.8. The molecule has 0 bridgehead atoms. The standard InChI is InChI=1S/C26H29N3O6S/c1-27(2)23-12-6-11-22-21(23)10-7-13-24(22)36(32)29-16-14-28(15-17-29)25(30)33-18-19-34-26(31)35-20-8-4-3-5-9-20/h3-13H,14-19H2,1-2H3. The first-order valence-electron chi connectivity index (χ1n) is 11.6. The highest BCUT2D eigenvalue weighted by Gasteiger charge is 2.26. The van der Waals surface area contributed by atoms with Crippen molar-refractivity contribution in [3.8, 4) is 5.75 Å². The quantitative estimate of drug-likeness (QED) is 0.270. The minimum atomic E-state index is -1.36. The van der Waals surface area contributed by atoms with Crippen LogP contribution in [0.5, 0.6) is 5.75 Å². The van der Waals surface area contributed by atoms with Crippen molar-refractivity contribution in [1.82, 2.24) is 9.21 Å². The lowest BCUT2D eigenvalue weighted by Crippen LogP contribution is -2.49. The Morgan fingerprint density at radius 2 is 1.50 bits per heavy atom. The van der Waals surface area contributed by atoms with Gasteiger partial charge in [0.15, 0.2) is 0 Å². The molecule has 3 aromatic carbocycles. The summed E-state index contributed by atoms with van der Waals surface area (Å²) in [6, 6.07) is 20.4. The van der Waals surface area contributed by atoms with E-state index in [1.165, 1.54) is 0 Å². The summed E-state index contributed by atoms with van der Waals surface area (Å²) in [7, 11) is 2.61. The molecule has 0 N–H and O–H groups in total. The van der Waals surface area contributed by atoms with E-state index >= 15 is 0 Å². The van der Waals surface area contributed by atoms with Crippen LogP contribution in [0.15, 0.2) is 71.6 Å². The van der Waals surface area contributed by atoms with Crippen LogP contribution in [0.3, 0.4) is 0 Å². The number of hydrogen-bond acceptors (Lipinski definition) is 7. The van der Waals surface area contributed by atoms with E-state index in [2.05, 4.69) is 0 Å². The second-order valence-electron chi connectivity index (χ2n) is 8.32. The molecule has 0 saturated carbocycles. The molecule has 0 aromatic heterocycles. The maximum Gasteiger partial charge on any atom is 0.513 e. The summed E-state index contributed by atoms with van der Waals surface area (Å²) < 4.78 is 30.4. The summed E-state index contributed by atoms with van der Waals surface area (Å²) in [5, 5.41) is 2.00. The summed E-state index contributed by atoms with van der Waals surface area (Å²) in [6.07, 6.45) is -1.36. The van der Waals surface area contributed by atoms with Crippen LogP contribution in [0.4, 0.5) is 15.3 Å². The van der Waals surface area contributed by atoms with Crippen molar-refractivity contribution in [3.05, 3.63) is 66.7 Å². The molecule has 0 aliphatic carbocycles. The third kappa shape index (κ3) is 6.13. The molecule has 1 heterocycles. The number of rotatable bonds is 7. The van der Waals surface area contributed by atoms with Gasteiger partial charge < -0.3 is 24.0 Å². The SMILES string of the molecule is CN(C)c1cccc2c(S(=O)N3CCN(C(=O)OCCOC(=O)Oc4ccccc4)CC3)cccc12. The molecule has 190 valence electrons. The molecular formula is C26H29N3O6S. The fourth-order valence-corrected chi connectivity index (χ4v) is 5.28. The van der Waals surface area contributed by atoms with Gasteiger partial charge in [-0.25, -0.2) is 18.1 Å². The van der Waals surface area contributed by atoms with E-state index in [-0.39, 0.29) is 13.2 Å². The Morgan fingerprint density at radius 3 is 2.22 bits per heavy atom. The number of amides is 1. The van der Waals surface area contributed by atoms with E-state index in [1.54, 1.807) is 35.2 Å². The van der Waals surface area contributed by atoms with Crippen molar-refractivity contribution in [2.75, 3.05) is 58.4 Å². The largest absolute Gasteiger partial charge is 0.513 e. The predicted octanol–water partition coefficient (Wildman–Crippen LogP) is 3.90. The summed E-state index contributed by atoms with van der Waals surface area (Å²) in [4.78, 5) is 28.4. The van der Waals surface area contributed by atoms with Crippen molar-refractivity contribution in [2.24, 2.45) is 0 Å². The Balaban J connectivity index is 1.24. The van der Waals surface area contributed by atoms with Crippen molar-refractivity contribution >= 4 is 39.7 Å². The van der Waals surface area contributed by atoms with Crippen LogP contribution < -0.4 is 9.64 Å². The Labute approximate surface area is 212 Å². The zero-order valence-electron chi connectivity index (χ0n) is 20.3. The number of nitrogens with zero attached hydrogens (tertiary/aromatic N) is 3. The number of carbonyl (C=O) groups is 2. The third-order valence-corrected chi connectivity index (χ3v) is 7.30. The smallest absolute Gasteiger partial charge is 0.446 e. The van der Waals surface area contributed by atoms with Gasteiger partial charge in [-0.2, -0.15) is 0 Å². The minimum Gasteiger partial charge on any atom is -0.446 e. The summed E-state index contributed by atoms with van der Waals surface area (Å²) in [5.41, 5.74) is 1.07. The number of benzene rings is 3. The summed E-state index contributed by atoms with van der Waals surface area (Å²) in [6.45, 7) is 1.47. The van der Waals surface area contributed by atoms with Gasteiger partial charge in [-0.3, -0.25) is 0 Å². The van der Waals surface area contributed by atoms with Gasteiger partial charge >= 0.3 is 12.2 Å². The minimum absolute atomic E-state index is 0.0842. The average molecular weight is 512 g/mol. The fraction of sp³-hybridized carbons (Fsp3) is 0.308. The molecule has 1 saturated heterocycles. The topological polar surface area (TPSA) is 88.6 Å². The van der Waals surface area contributed by atoms with Crippen LogP contribution >= 0.6 is 0 Å². The maximum atomic E-state index is 13.4. The van der Waals surface area contributed by atoms with Crippen molar-refractivity contribution < 1.29 is 28.0 Å². The molecular weight excluding hydrogens is 482 g/mol. The Morgan fingerprint density at radius 1 is 0.833 bits per heavy atom. The Bertz CT molecular complexity index is 1230. The van der Waals surface area contributed by atoms with Crippen LogP contribution in [0, 0.1) is 0 Å². The van der Waals surface area contributed by atoms with Crippen LogP contribution in [0.1, 0.15) is 0 Å². The zero-order chi connectivity index (χ0) is 25.5. The van der Waals surface area contributed by atoms with E-state index < -0.39 is 23.2 Å². The first kappa shape index (κ1) is 25.5. The number of ether oxygens (including phenoxy) is 3. The van der Waals surface area contributed by atoms with Gasteiger partial charge in [-0.1, -0.05) is 42.5 Å². The lowest BCUT2D eigenvalue weighted by Gasteiger charge is -2.33. The van der Waals surface area contributed by atoms with E-state index in [4.69, 9.17) is 14.2 Å². The number of hydrogen-bond donors (Lipinski definition) is 0. The van der Waals surface area contributed by atoms with Crippen LogP contribution in [0.25, 0.3) is 10.8 Å². The van der Waals surface area contributed by atoms with Gasteiger partial charge in [0.1, 0.15) is 29.9 Å². The lowest BCUT2D eigenvalue weighted by atomic mass is 10.1. The summed E-state index contributed by atoms with van der Waals surface area (Å²) in [5.74, 6) is 0.372. The number of para-hydroxylation sites is 1. The van der Waals surface area contributed by atoms with Crippen LogP contribution in [-0.2, 0) is 20.5 Å². The molecule has 1 atom stereocenters. The molecule has 36 heavy (non-hydrogen) atoms. The molecule has 0 radical (unpaired) electrons. The van der Waals surface area contributed by atoms with Crippen LogP contribution in [-0.4, -0.2) is 79.2 Å². The van der Waals surface area contributed by atoms with Gasteiger partial charge in [0.05, 0.1) is 4.90 Å². The fourth-order valence-electron chi connectivity index (χ4n) is 3.94. The maximum absolute atomic E-state index is 13.4. The van der Waals surface area contributed by atoms with E-state index in [1.807, 2.05) is 59.7 Å². The highest BCUT2D eigenvalue weighted by Crippen LogP contribution is 2.30. The average Bonchev–Trinajstić information content (AvgIpc) is 2.90. The number of anilines is 1. The molecule has 1 aliphatic rings. The van der Waals surface area contributed by atoms with Gasteiger partial charge in [0, 0.05) is 56.7 Å². The molecule has 1 unspecified atom stereocenters. The molecule has 10 heteroatoms. The second-order valence-corrected chi connectivity index (χ2v) is 9.77. The molecule has 9 nitrogen and oxygen atoms in total. The molecule has 4 rings (SSSR count). The summed E-state index contributed by atoms with van der Waals surface area (Å²) >= 11 is 0. The number of piperazine rings is 1. The number of carbonyl (C=O) groups excluding carboxylic acids is 2. The van der Waals surface area contributed by atoms with Gasteiger partial charge in [-0.15, -0.1) is 0 Å². The number of fused-ring (bicyclic) bond motifs is 1. The van der Waals surface area contributed by atoms with Crippen molar-refractivity contribution in [1.29, 1.82) is 0 Å². The highest BCUT2D eigenvalue weighted by molar-refractivity contribution is 7.83. The first-order valence-corrected chi connectivity index (χ1v) is 12.7. The molecule has 0 spiro atoms. The van der Waals surface area contributed by atoms with E-state index in [0.717, 1.165) is 21.4 Å². The predicted molar refractivity (Wildman–Crippen MR) is 138 cm³/mol. The van der Waals surface area contributed by atoms with Gasteiger partial charge in [0.2, 0.25) is 0 Å². The first-order chi connectivity index (χ1) is 17.4. The lowest BCUT2D eigenvalue weighted by molar-refractivity contribution is 0.0523. The molecule has 3 aromatic rings. The van der Waals surface area contributed by atoms with E-state index in [9.17, 15) is 13.8 Å². The zero-order valence-corrected chi connectivity index (χ0v) is 21.1.